The van der Waals surface area contributed by atoms with Gasteiger partial charge in [0.05, 0.1) is 30.7 Å². The zero-order valence-corrected chi connectivity index (χ0v) is 16.7. The van der Waals surface area contributed by atoms with Gasteiger partial charge in [-0.05, 0) is 49.9 Å². The summed E-state index contributed by atoms with van der Waals surface area (Å²) >= 11 is 0. The van der Waals surface area contributed by atoms with Gasteiger partial charge in [-0.3, -0.25) is 9.58 Å². The molecule has 0 radical (unpaired) electrons. The molecule has 4 heterocycles. The van der Waals surface area contributed by atoms with Gasteiger partial charge in [0.15, 0.2) is 0 Å². The van der Waals surface area contributed by atoms with Crippen LogP contribution in [0.2, 0.25) is 0 Å². The van der Waals surface area contributed by atoms with E-state index < -0.39 is 0 Å². The number of methoxy groups -OCH3 is 1. The van der Waals surface area contributed by atoms with Crippen molar-refractivity contribution in [1.29, 1.82) is 0 Å². The first kappa shape index (κ1) is 18.2. The third kappa shape index (κ3) is 3.23. The second-order valence-electron chi connectivity index (χ2n) is 8.24. The minimum absolute atomic E-state index is 0.189. The van der Waals surface area contributed by atoms with Gasteiger partial charge < -0.3 is 14.8 Å². The van der Waals surface area contributed by atoms with Gasteiger partial charge in [0.2, 0.25) is 0 Å². The average molecular weight is 383 g/mol. The Bertz CT molecular complexity index is 801. The van der Waals surface area contributed by atoms with Gasteiger partial charge in [-0.15, -0.1) is 0 Å². The molecule has 0 atom stereocenters. The monoisotopic (exact) mass is 382 g/mol. The minimum Gasteiger partial charge on any atom is -0.496 e. The van der Waals surface area contributed by atoms with Gasteiger partial charge in [-0.2, -0.15) is 5.10 Å². The number of likely N-dealkylation sites (tertiary alicyclic amines) is 1. The Morgan fingerprint density at radius 3 is 3.00 bits per heavy atom. The summed E-state index contributed by atoms with van der Waals surface area (Å²) < 4.78 is 14.3. The molecule has 0 unspecified atom stereocenters. The summed E-state index contributed by atoms with van der Waals surface area (Å²) in [4.78, 5) is 2.52. The molecule has 28 heavy (non-hydrogen) atoms. The van der Waals surface area contributed by atoms with E-state index >= 15 is 0 Å². The number of hydrogen-bond acceptors (Lipinski definition) is 5. The number of nitrogens with one attached hydrogen (secondary N) is 1. The lowest BCUT2D eigenvalue weighted by molar-refractivity contribution is -0.100. The summed E-state index contributed by atoms with van der Waals surface area (Å²) in [5.74, 6) is 0.982. The van der Waals surface area contributed by atoms with Gasteiger partial charge in [0.1, 0.15) is 5.75 Å². The van der Waals surface area contributed by atoms with Crippen LogP contribution in [0.25, 0.3) is 0 Å². The molecule has 6 nitrogen and oxygen atoms in total. The van der Waals surface area contributed by atoms with Crippen molar-refractivity contribution in [2.24, 2.45) is 0 Å². The molecule has 1 aromatic carbocycles. The van der Waals surface area contributed by atoms with E-state index in [1.165, 1.54) is 22.5 Å². The first-order valence-electron chi connectivity index (χ1n) is 10.6. The van der Waals surface area contributed by atoms with Crippen LogP contribution in [0.1, 0.15) is 41.8 Å². The molecule has 0 aliphatic carbocycles. The molecule has 1 aromatic heterocycles. The van der Waals surface area contributed by atoms with Crippen molar-refractivity contribution in [3.63, 3.8) is 0 Å². The molecule has 150 valence electrons. The standard InChI is InChI=1S/C22H30N4O2/c1-27-20-5-2-4-17-6-13-28-22(21(17)20)7-11-25(12-8-22)16-18-14-19-15-23-9-3-10-26(19)24-18/h2,4-5,14,23H,3,6-13,15-16H2,1H3. The van der Waals surface area contributed by atoms with Crippen LogP contribution >= 0.6 is 0 Å². The maximum absolute atomic E-state index is 6.42. The molecule has 0 bridgehead atoms. The van der Waals surface area contributed by atoms with E-state index in [1.807, 2.05) is 0 Å². The minimum atomic E-state index is -0.189. The van der Waals surface area contributed by atoms with E-state index in [4.69, 9.17) is 14.6 Å². The predicted molar refractivity (Wildman–Crippen MR) is 107 cm³/mol. The molecule has 2 aromatic rings. The zero-order valence-electron chi connectivity index (χ0n) is 16.7. The summed E-state index contributed by atoms with van der Waals surface area (Å²) in [6.45, 7) is 6.82. The number of rotatable bonds is 3. The first-order valence-corrected chi connectivity index (χ1v) is 10.6. The fourth-order valence-corrected chi connectivity index (χ4v) is 5.09. The van der Waals surface area contributed by atoms with Crippen LogP contribution in [0, 0.1) is 0 Å². The molecular formula is C22H30N4O2. The van der Waals surface area contributed by atoms with Crippen LogP contribution in [-0.2, 0) is 36.4 Å². The smallest absolute Gasteiger partial charge is 0.125 e. The number of hydrogen-bond donors (Lipinski definition) is 1. The van der Waals surface area contributed by atoms with Crippen molar-refractivity contribution >= 4 is 0 Å². The van der Waals surface area contributed by atoms with E-state index in [-0.39, 0.29) is 5.60 Å². The summed E-state index contributed by atoms with van der Waals surface area (Å²) in [7, 11) is 1.77. The van der Waals surface area contributed by atoms with Gasteiger partial charge in [0, 0.05) is 38.3 Å². The summed E-state index contributed by atoms with van der Waals surface area (Å²) in [5.41, 5.74) is 5.01. The lowest BCUT2D eigenvalue weighted by Gasteiger charge is -2.45. The van der Waals surface area contributed by atoms with Gasteiger partial charge in [0.25, 0.3) is 0 Å². The molecule has 3 aliphatic rings. The number of aromatic nitrogens is 2. The van der Waals surface area contributed by atoms with Crippen LogP contribution in [0.4, 0.5) is 0 Å². The van der Waals surface area contributed by atoms with Crippen LogP contribution in [0.15, 0.2) is 24.3 Å². The average Bonchev–Trinajstić information content (AvgIpc) is 2.97. The van der Waals surface area contributed by atoms with E-state index in [0.29, 0.717) is 0 Å². The molecule has 1 N–H and O–H groups in total. The first-order chi connectivity index (χ1) is 13.8. The third-order valence-corrected chi connectivity index (χ3v) is 6.53. The van der Waals surface area contributed by atoms with Crippen LogP contribution in [0.3, 0.4) is 0 Å². The number of aryl methyl sites for hydroxylation is 1. The largest absolute Gasteiger partial charge is 0.496 e. The van der Waals surface area contributed by atoms with Gasteiger partial charge in [-0.1, -0.05) is 12.1 Å². The predicted octanol–water partition coefficient (Wildman–Crippen LogP) is 2.45. The highest BCUT2D eigenvalue weighted by Gasteiger charge is 2.42. The summed E-state index contributed by atoms with van der Waals surface area (Å²) in [6.07, 6.45) is 4.15. The number of benzene rings is 1. The summed E-state index contributed by atoms with van der Waals surface area (Å²) in [6, 6.07) is 8.69. The molecule has 1 saturated heterocycles. The van der Waals surface area contributed by atoms with Crippen LogP contribution in [-0.4, -0.2) is 48.0 Å². The Morgan fingerprint density at radius 2 is 2.14 bits per heavy atom. The maximum atomic E-state index is 6.42. The highest BCUT2D eigenvalue weighted by atomic mass is 16.5. The van der Waals surface area contributed by atoms with Crippen LogP contribution < -0.4 is 10.1 Å². The SMILES string of the molecule is COc1cccc2c1C1(CCN(Cc3cc4n(n3)CCCNC4)CC1)OCC2. The van der Waals surface area contributed by atoms with Crippen molar-refractivity contribution in [1.82, 2.24) is 20.0 Å². The topological polar surface area (TPSA) is 51.5 Å². The molecule has 1 spiro atoms. The Kier molecular flexibility index (Phi) is 4.87. The van der Waals surface area contributed by atoms with Crippen molar-refractivity contribution in [2.45, 2.75) is 50.9 Å². The third-order valence-electron chi connectivity index (χ3n) is 6.53. The van der Waals surface area contributed by atoms with Crippen molar-refractivity contribution < 1.29 is 9.47 Å². The Labute approximate surface area is 166 Å². The maximum Gasteiger partial charge on any atom is 0.125 e. The second kappa shape index (κ2) is 7.50. The van der Waals surface area contributed by atoms with E-state index in [0.717, 1.165) is 77.3 Å². The highest BCUT2D eigenvalue weighted by molar-refractivity contribution is 5.46. The van der Waals surface area contributed by atoms with Crippen molar-refractivity contribution in [2.75, 3.05) is 33.4 Å². The normalized spacial score (nSPS) is 21.8. The number of fused-ring (bicyclic) bond motifs is 3. The highest BCUT2D eigenvalue weighted by Crippen LogP contribution is 2.45. The number of nitrogens with zero attached hydrogens (tertiary/aromatic N) is 3. The van der Waals surface area contributed by atoms with Gasteiger partial charge in [-0.25, -0.2) is 0 Å². The quantitative estimate of drug-likeness (QED) is 0.884. The molecule has 1 fully saturated rings. The lowest BCUT2D eigenvalue weighted by atomic mass is 9.78. The summed E-state index contributed by atoms with van der Waals surface area (Å²) in [5, 5.41) is 8.33. The Hall–Kier alpha value is -1.89. The van der Waals surface area contributed by atoms with E-state index in [9.17, 15) is 0 Å². The number of piperidine rings is 1. The zero-order chi connectivity index (χ0) is 19.0. The van der Waals surface area contributed by atoms with Crippen molar-refractivity contribution in [3.8, 4) is 5.75 Å². The molecular weight excluding hydrogens is 352 g/mol. The molecule has 0 saturated carbocycles. The molecule has 5 rings (SSSR count). The molecule has 6 heteroatoms. The Morgan fingerprint density at radius 1 is 1.25 bits per heavy atom. The Balaban J connectivity index is 1.30. The van der Waals surface area contributed by atoms with E-state index in [2.05, 4.69) is 39.2 Å². The molecule has 0 amide bonds. The molecule has 3 aliphatic heterocycles. The fraction of sp³-hybridized carbons (Fsp3) is 0.591. The van der Waals surface area contributed by atoms with E-state index in [1.54, 1.807) is 7.11 Å². The van der Waals surface area contributed by atoms with Crippen LogP contribution in [0.5, 0.6) is 5.75 Å². The fourth-order valence-electron chi connectivity index (χ4n) is 5.09. The van der Waals surface area contributed by atoms with Crippen molar-refractivity contribution in [3.05, 3.63) is 46.8 Å². The second-order valence-corrected chi connectivity index (χ2v) is 8.24. The number of ether oxygens (including phenoxy) is 2. The lowest BCUT2D eigenvalue weighted by Crippen LogP contribution is -2.46. The van der Waals surface area contributed by atoms with Gasteiger partial charge >= 0.3 is 0 Å².